The molecule has 1 aliphatic heterocycles. The molecule has 19 heavy (non-hydrogen) atoms. The molecule has 1 amide bonds. The molecular weight excluding hydrogens is 262 g/mol. The highest BCUT2D eigenvalue weighted by Crippen LogP contribution is 2.44. The van der Waals surface area contributed by atoms with Crippen molar-refractivity contribution in [1.29, 1.82) is 0 Å². The summed E-state index contributed by atoms with van der Waals surface area (Å²) in [4.78, 5) is 32.9. The van der Waals surface area contributed by atoms with Crippen LogP contribution in [-0.4, -0.2) is 31.2 Å². The normalized spacial score (nSPS) is 25.3. The predicted octanol–water partition coefficient (Wildman–Crippen LogP) is 1.63. The first kappa shape index (κ1) is 16.2. The largest absolute Gasteiger partial charge is 0.441 e. The minimum absolute atomic E-state index is 0.0621. The summed E-state index contributed by atoms with van der Waals surface area (Å²) in [6.45, 7) is 11.2. The van der Waals surface area contributed by atoms with Crippen LogP contribution in [-0.2, 0) is 14.3 Å². The van der Waals surface area contributed by atoms with E-state index in [9.17, 15) is 14.4 Å². The van der Waals surface area contributed by atoms with Crippen LogP contribution in [0.4, 0.5) is 0 Å². The molecule has 5 nitrogen and oxygen atoms in total. The topological polar surface area (TPSA) is 75.6 Å². The van der Waals surface area contributed by atoms with Crippen molar-refractivity contribution in [2.75, 3.05) is 0 Å². The molecule has 1 unspecified atom stereocenters. The highest BCUT2D eigenvalue weighted by Gasteiger charge is 2.48. The molecule has 0 aromatic heterocycles. The van der Waals surface area contributed by atoms with Crippen molar-refractivity contribution in [3.63, 3.8) is 0 Å². The van der Waals surface area contributed by atoms with E-state index in [4.69, 9.17) is 4.74 Å². The Morgan fingerprint density at radius 3 is 2.42 bits per heavy atom. The quantitative estimate of drug-likeness (QED) is 0.458. The lowest BCUT2D eigenvalue weighted by atomic mass is 9.80. The molecule has 1 rings (SSSR count). The molecule has 6 heteroatoms. The van der Waals surface area contributed by atoms with Gasteiger partial charge in [-0.25, -0.2) is 0 Å². The molecule has 2 N–H and O–H groups in total. The number of β-lactam (4-membered cyclic amide) rings is 1. The van der Waals surface area contributed by atoms with Gasteiger partial charge in [0.25, 0.3) is 0 Å². The van der Waals surface area contributed by atoms with Crippen LogP contribution < -0.4 is 5.32 Å². The number of hydrogen-bond acceptors (Lipinski definition) is 4. The summed E-state index contributed by atoms with van der Waals surface area (Å²) in [7, 11) is -2.30. The number of ether oxygens (including phenoxy) is 1. The third kappa shape index (κ3) is 3.57. The van der Waals surface area contributed by atoms with Crippen molar-refractivity contribution in [1.82, 2.24) is 5.32 Å². The second-order valence-corrected chi connectivity index (χ2v) is 11.2. The van der Waals surface area contributed by atoms with Gasteiger partial charge in [0.1, 0.15) is 0 Å². The zero-order valence-electron chi connectivity index (χ0n) is 12.6. The fraction of sp³-hybridized carbons (Fsp3) is 0.846. The SMILES string of the molecule is CC(=O)O[C@H]1NC(=O)C1[C@@H](C)CC(C)(C)[Si](C)(C)O. The molecule has 0 aromatic carbocycles. The Kier molecular flexibility index (Phi) is 4.46. The molecule has 1 fully saturated rings. The number of amides is 1. The number of nitrogens with one attached hydrogen (secondary N) is 1. The predicted molar refractivity (Wildman–Crippen MR) is 74.7 cm³/mol. The first-order valence-corrected chi connectivity index (χ1v) is 9.60. The molecule has 0 radical (unpaired) electrons. The lowest BCUT2D eigenvalue weighted by molar-refractivity contribution is -0.170. The van der Waals surface area contributed by atoms with E-state index in [1.807, 2.05) is 33.9 Å². The summed E-state index contributed by atoms with van der Waals surface area (Å²) in [5, 5.41) is 2.41. The molecule has 3 atom stereocenters. The number of hydrogen-bond donors (Lipinski definition) is 2. The van der Waals surface area contributed by atoms with Crippen LogP contribution in [0.2, 0.25) is 18.1 Å². The molecule has 1 heterocycles. The van der Waals surface area contributed by atoms with Gasteiger partial charge < -0.3 is 14.8 Å². The molecule has 0 saturated carbocycles. The van der Waals surface area contributed by atoms with Crippen LogP contribution in [0.5, 0.6) is 0 Å². The van der Waals surface area contributed by atoms with E-state index in [1.54, 1.807) is 0 Å². The van der Waals surface area contributed by atoms with Gasteiger partial charge >= 0.3 is 5.97 Å². The second kappa shape index (κ2) is 5.24. The highest BCUT2D eigenvalue weighted by atomic mass is 28.4. The maximum Gasteiger partial charge on any atom is 0.304 e. The molecule has 0 aromatic rings. The Balaban J connectivity index is 2.69. The van der Waals surface area contributed by atoms with Gasteiger partial charge in [-0.05, 0) is 30.5 Å². The Morgan fingerprint density at radius 2 is 2.05 bits per heavy atom. The van der Waals surface area contributed by atoms with Gasteiger partial charge in [-0.15, -0.1) is 0 Å². The minimum Gasteiger partial charge on any atom is -0.441 e. The maximum atomic E-state index is 11.6. The van der Waals surface area contributed by atoms with Crippen LogP contribution in [0.25, 0.3) is 0 Å². The summed E-state index contributed by atoms with van der Waals surface area (Å²) in [5.74, 6) is -0.711. The van der Waals surface area contributed by atoms with Crippen molar-refractivity contribution in [2.45, 2.75) is 58.5 Å². The maximum absolute atomic E-state index is 11.6. The van der Waals surface area contributed by atoms with E-state index in [0.717, 1.165) is 6.42 Å². The van der Waals surface area contributed by atoms with Crippen molar-refractivity contribution in [3.05, 3.63) is 0 Å². The van der Waals surface area contributed by atoms with Gasteiger partial charge in [-0.1, -0.05) is 20.8 Å². The van der Waals surface area contributed by atoms with Crippen LogP contribution in [0.1, 0.15) is 34.1 Å². The second-order valence-electron chi connectivity index (χ2n) is 6.69. The van der Waals surface area contributed by atoms with Crippen LogP contribution in [0, 0.1) is 11.8 Å². The molecule has 0 spiro atoms. The average molecular weight is 287 g/mol. The van der Waals surface area contributed by atoms with Gasteiger partial charge in [0, 0.05) is 6.92 Å². The Labute approximate surface area is 115 Å². The molecule has 1 saturated heterocycles. The zero-order valence-corrected chi connectivity index (χ0v) is 13.6. The summed E-state index contributed by atoms with van der Waals surface area (Å²) < 4.78 is 5.07. The fourth-order valence-corrected chi connectivity index (χ4v) is 3.21. The summed E-state index contributed by atoms with van der Waals surface area (Å²) >= 11 is 0. The van der Waals surface area contributed by atoms with E-state index in [1.165, 1.54) is 6.92 Å². The smallest absolute Gasteiger partial charge is 0.304 e. The van der Waals surface area contributed by atoms with E-state index < -0.39 is 20.5 Å². The molecular formula is C13H25NO4Si. The van der Waals surface area contributed by atoms with Crippen molar-refractivity contribution >= 4 is 20.2 Å². The third-order valence-corrected chi connectivity index (χ3v) is 7.82. The van der Waals surface area contributed by atoms with E-state index in [2.05, 4.69) is 5.32 Å². The Hall–Kier alpha value is -0.883. The standard InChI is InChI=1S/C13H25NO4Si/c1-8(7-13(3,4)19(5,6)17)10-11(16)14-12(10)18-9(2)15/h8,10,12,17H,7H2,1-6H3,(H,14,16)/t8-,10?,12+/m0/s1. The van der Waals surface area contributed by atoms with E-state index >= 15 is 0 Å². The summed E-state index contributed by atoms with van der Waals surface area (Å²) in [6, 6.07) is 0. The number of carbonyl (C=O) groups excluding carboxylic acids is 2. The van der Waals surface area contributed by atoms with Gasteiger partial charge in [-0.2, -0.15) is 0 Å². The van der Waals surface area contributed by atoms with Gasteiger partial charge in [-0.3, -0.25) is 9.59 Å². The Bertz CT molecular complexity index is 375. The van der Waals surface area contributed by atoms with Crippen molar-refractivity contribution in [2.24, 2.45) is 11.8 Å². The van der Waals surface area contributed by atoms with E-state index in [0.29, 0.717) is 0 Å². The minimum atomic E-state index is -2.30. The van der Waals surface area contributed by atoms with Crippen molar-refractivity contribution in [3.8, 4) is 0 Å². The fourth-order valence-electron chi connectivity index (χ4n) is 2.39. The zero-order chi connectivity index (χ0) is 15.0. The molecule has 0 aliphatic carbocycles. The van der Waals surface area contributed by atoms with Crippen LogP contribution in [0.15, 0.2) is 0 Å². The molecule has 0 bridgehead atoms. The monoisotopic (exact) mass is 287 g/mol. The Morgan fingerprint density at radius 1 is 1.53 bits per heavy atom. The number of carbonyl (C=O) groups is 2. The van der Waals surface area contributed by atoms with Gasteiger partial charge in [0.15, 0.2) is 14.5 Å². The molecule has 1 aliphatic rings. The average Bonchev–Trinajstić information content (AvgIpc) is 2.12. The van der Waals surface area contributed by atoms with E-state index in [-0.39, 0.29) is 22.8 Å². The first-order chi connectivity index (χ1) is 8.45. The van der Waals surface area contributed by atoms with Gasteiger partial charge in [0.2, 0.25) is 5.91 Å². The summed E-state index contributed by atoms with van der Waals surface area (Å²) in [6.07, 6.45) is 0.220. The van der Waals surface area contributed by atoms with Crippen LogP contribution >= 0.6 is 0 Å². The number of rotatable bonds is 5. The lowest BCUT2D eigenvalue weighted by Gasteiger charge is -2.43. The number of esters is 1. The summed E-state index contributed by atoms with van der Waals surface area (Å²) in [5.41, 5.74) is 0. The van der Waals surface area contributed by atoms with Crippen LogP contribution in [0.3, 0.4) is 0 Å². The van der Waals surface area contributed by atoms with Crippen molar-refractivity contribution < 1.29 is 19.1 Å². The first-order valence-electron chi connectivity index (χ1n) is 6.65. The van der Waals surface area contributed by atoms with Gasteiger partial charge in [0.05, 0.1) is 5.92 Å². The third-order valence-electron chi connectivity index (χ3n) is 4.31. The molecule has 110 valence electrons. The lowest BCUT2D eigenvalue weighted by Crippen LogP contribution is -2.62. The highest BCUT2D eigenvalue weighted by molar-refractivity contribution is 6.72.